The van der Waals surface area contributed by atoms with Crippen LogP contribution in [0.3, 0.4) is 0 Å². The maximum atomic E-state index is 12.9. The molecule has 0 radical (unpaired) electrons. The number of carbonyl (C=O) groups is 3. The summed E-state index contributed by atoms with van der Waals surface area (Å²) in [6, 6.07) is 24.4. The van der Waals surface area contributed by atoms with Gasteiger partial charge in [-0.05, 0) is 47.9 Å². The van der Waals surface area contributed by atoms with Gasteiger partial charge in [0.2, 0.25) is 0 Å². The van der Waals surface area contributed by atoms with Crippen molar-refractivity contribution in [2.45, 2.75) is 26.5 Å². The van der Waals surface area contributed by atoms with Gasteiger partial charge < -0.3 is 14.4 Å². The van der Waals surface area contributed by atoms with Gasteiger partial charge >= 0.3 is 11.9 Å². The molecule has 0 bridgehead atoms. The predicted octanol–water partition coefficient (Wildman–Crippen LogP) is 4.17. The lowest BCUT2D eigenvalue weighted by Gasteiger charge is -2.35. The van der Waals surface area contributed by atoms with E-state index >= 15 is 0 Å². The monoisotopic (exact) mass is 486 g/mol. The Morgan fingerprint density at radius 1 is 0.806 bits per heavy atom. The van der Waals surface area contributed by atoms with E-state index in [1.165, 1.54) is 12.5 Å². The molecule has 7 nitrogen and oxygen atoms in total. The molecule has 0 spiro atoms. The normalized spacial score (nSPS) is 14.7. The topological polar surface area (TPSA) is 76.2 Å². The molecular weight excluding hydrogens is 456 g/mol. The number of hydrogen-bond donors (Lipinski definition) is 0. The van der Waals surface area contributed by atoms with Crippen molar-refractivity contribution in [3.63, 3.8) is 0 Å². The fraction of sp³-hybridized carbons (Fsp3) is 0.276. The highest BCUT2D eigenvalue weighted by molar-refractivity contribution is 5.92. The Labute approximate surface area is 211 Å². The van der Waals surface area contributed by atoms with Crippen molar-refractivity contribution in [3.8, 4) is 16.9 Å². The number of rotatable bonds is 7. The van der Waals surface area contributed by atoms with E-state index in [1.807, 2.05) is 42.5 Å². The van der Waals surface area contributed by atoms with Gasteiger partial charge in [0.15, 0.2) is 6.10 Å². The van der Waals surface area contributed by atoms with Crippen LogP contribution in [0.25, 0.3) is 11.1 Å². The lowest BCUT2D eigenvalue weighted by atomic mass is 10.0. The van der Waals surface area contributed by atoms with E-state index in [0.29, 0.717) is 24.4 Å². The van der Waals surface area contributed by atoms with Crippen molar-refractivity contribution in [1.82, 2.24) is 9.80 Å². The van der Waals surface area contributed by atoms with Crippen molar-refractivity contribution >= 4 is 17.8 Å². The Morgan fingerprint density at radius 3 is 1.97 bits per heavy atom. The number of piperazine rings is 1. The summed E-state index contributed by atoms with van der Waals surface area (Å²) in [5.41, 5.74) is 3.45. The number of benzene rings is 3. The first kappa shape index (κ1) is 25.1. The lowest BCUT2D eigenvalue weighted by molar-refractivity contribution is -0.141. The van der Waals surface area contributed by atoms with E-state index in [9.17, 15) is 14.4 Å². The Balaban J connectivity index is 1.27. The van der Waals surface area contributed by atoms with Crippen LogP contribution in [0.1, 0.15) is 29.8 Å². The molecule has 4 rings (SSSR count). The molecule has 0 N–H and O–H groups in total. The second kappa shape index (κ2) is 11.6. The molecular formula is C29H30N2O5. The first-order valence-electron chi connectivity index (χ1n) is 12.0. The zero-order chi connectivity index (χ0) is 25.5. The Kier molecular flexibility index (Phi) is 8.13. The van der Waals surface area contributed by atoms with Gasteiger partial charge in [0.25, 0.3) is 5.91 Å². The second-order valence-corrected chi connectivity index (χ2v) is 8.83. The van der Waals surface area contributed by atoms with Crippen LogP contribution in [0.5, 0.6) is 5.75 Å². The average Bonchev–Trinajstić information content (AvgIpc) is 2.89. The van der Waals surface area contributed by atoms with E-state index in [1.54, 1.807) is 36.1 Å². The molecule has 1 amide bonds. The predicted molar refractivity (Wildman–Crippen MR) is 136 cm³/mol. The number of ether oxygens (including phenoxy) is 2. The van der Waals surface area contributed by atoms with Crippen LogP contribution in [0, 0.1) is 0 Å². The highest BCUT2D eigenvalue weighted by Gasteiger charge is 2.27. The minimum absolute atomic E-state index is 0.174. The van der Waals surface area contributed by atoms with E-state index in [4.69, 9.17) is 9.47 Å². The number of hydrogen-bond acceptors (Lipinski definition) is 6. The number of carbonyl (C=O) groups excluding carboxylic acids is 3. The second-order valence-electron chi connectivity index (χ2n) is 8.83. The molecule has 1 heterocycles. The number of nitrogens with zero attached hydrogens (tertiary/aromatic N) is 2. The average molecular weight is 487 g/mol. The summed E-state index contributed by atoms with van der Waals surface area (Å²) < 4.78 is 10.5. The van der Waals surface area contributed by atoms with E-state index in [0.717, 1.165) is 30.8 Å². The molecule has 1 saturated heterocycles. The van der Waals surface area contributed by atoms with Crippen molar-refractivity contribution in [3.05, 3.63) is 90.0 Å². The van der Waals surface area contributed by atoms with Crippen molar-refractivity contribution in [2.24, 2.45) is 0 Å². The van der Waals surface area contributed by atoms with Crippen LogP contribution in [0.15, 0.2) is 78.9 Å². The van der Waals surface area contributed by atoms with Gasteiger partial charge in [-0.25, -0.2) is 4.79 Å². The molecule has 3 aromatic rings. The molecule has 1 atom stereocenters. The third-order valence-corrected chi connectivity index (χ3v) is 6.13. The summed E-state index contributed by atoms with van der Waals surface area (Å²) >= 11 is 0. The van der Waals surface area contributed by atoms with Gasteiger partial charge in [-0.1, -0.05) is 54.6 Å². The quantitative estimate of drug-likeness (QED) is 0.369. The smallest absolute Gasteiger partial charge is 0.338 e. The fourth-order valence-corrected chi connectivity index (χ4v) is 4.18. The molecule has 186 valence electrons. The molecule has 7 heteroatoms. The minimum Gasteiger partial charge on any atom is -0.449 e. The largest absolute Gasteiger partial charge is 0.449 e. The molecule has 0 saturated carbocycles. The summed E-state index contributed by atoms with van der Waals surface area (Å²) in [7, 11) is 0. The maximum absolute atomic E-state index is 12.9. The van der Waals surface area contributed by atoms with Crippen LogP contribution in [-0.4, -0.2) is 59.9 Å². The highest BCUT2D eigenvalue weighted by atomic mass is 16.5. The van der Waals surface area contributed by atoms with E-state index in [2.05, 4.69) is 17.0 Å². The Hall–Kier alpha value is -3.97. The summed E-state index contributed by atoms with van der Waals surface area (Å²) in [5.74, 6) is -0.603. The van der Waals surface area contributed by atoms with Crippen LogP contribution in [-0.2, 0) is 20.9 Å². The maximum Gasteiger partial charge on any atom is 0.338 e. The molecule has 1 aliphatic heterocycles. The van der Waals surface area contributed by atoms with Crippen molar-refractivity contribution in [1.29, 1.82) is 0 Å². The van der Waals surface area contributed by atoms with E-state index in [-0.39, 0.29) is 11.9 Å². The molecule has 0 aromatic heterocycles. The third kappa shape index (κ3) is 6.58. The van der Waals surface area contributed by atoms with Crippen LogP contribution in [0.2, 0.25) is 0 Å². The first-order valence-corrected chi connectivity index (χ1v) is 12.0. The summed E-state index contributed by atoms with van der Waals surface area (Å²) in [6.45, 7) is 6.62. The summed E-state index contributed by atoms with van der Waals surface area (Å²) in [6.07, 6.45) is -0.855. The molecule has 3 aromatic carbocycles. The van der Waals surface area contributed by atoms with Gasteiger partial charge in [0.05, 0.1) is 5.56 Å². The first-order chi connectivity index (χ1) is 17.4. The molecule has 36 heavy (non-hydrogen) atoms. The Morgan fingerprint density at radius 2 is 1.39 bits per heavy atom. The molecule has 0 aliphatic carbocycles. The molecule has 1 aliphatic rings. The molecule has 0 unspecified atom stereocenters. The van der Waals surface area contributed by atoms with Crippen LogP contribution >= 0.6 is 0 Å². The standard InChI is InChI=1S/C29H30N2O5/c1-21(28(33)31-18-16-30(17-19-31)20-23-6-4-3-5-7-23)35-29(34)26-10-8-24(9-11-26)25-12-14-27(15-13-25)36-22(2)32/h3-15,21H,16-20H2,1-2H3/t21-/m1/s1. The summed E-state index contributed by atoms with van der Waals surface area (Å²) in [4.78, 5) is 40.7. The van der Waals surface area contributed by atoms with E-state index < -0.39 is 12.1 Å². The van der Waals surface area contributed by atoms with Gasteiger partial charge in [-0.2, -0.15) is 0 Å². The zero-order valence-electron chi connectivity index (χ0n) is 20.6. The van der Waals surface area contributed by atoms with Crippen molar-refractivity contribution < 1.29 is 23.9 Å². The summed E-state index contributed by atoms with van der Waals surface area (Å²) in [5, 5.41) is 0. The van der Waals surface area contributed by atoms with Crippen LogP contribution < -0.4 is 4.74 Å². The Bertz CT molecular complexity index is 1180. The molecule has 1 fully saturated rings. The minimum atomic E-state index is -0.855. The van der Waals surface area contributed by atoms with Gasteiger partial charge in [0, 0.05) is 39.6 Å². The highest BCUT2D eigenvalue weighted by Crippen LogP contribution is 2.23. The zero-order valence-corrected chi connectivity index (χ0v) is 20.6. The van der Waals surface area contributed by atoms with Crippen LogP contribution in [0.4, 0.5) is 0 Å². The van der Waals surface area contributed by atoms with Crippen molar-refractivity contribution in [2.75, 3.05) is 26.2 Å². The number of amides is 1. The third-order valence-electron chi connectivity index (χ3n) is 6.13. The van der Waals surface area contributed by atoms with Gasteiger partial charge in [-0.3, -0.25) is 14.5 Å². The SMILES string of the molecule is CC(=O)Oc1ccc(-c2ccc(C(=O)O[C@H](C)C(=O)N3CCN(Cc4ccccc4)CC3)cc2)cc1. The van der Waals surface area contributed by atoms with Gasteiger partial charge in [-0.15, -0.1) is 0 Å². The fourth-order valence-electron chi connectivity index (χ4n) is 4.18. The lowest BCUT2D eigenvalue weighted by Crippen LogP contribution is -2.51. The van der Waals surface area contributed by atoms with Gasteiger partial charge in [0.1, 0.15) is 5.75 Å². The number of esters is 2.